The van der Waals surface area contributed by atoms with Crippen molar-refractivity contribution < 1.29 is 9.53 Å². The molecule has 1 saturated heterocycles. The smallest absolute Gasteiger partial charge is 0.322 e. The molecule has 6 heteroatoms. The Morgan fingerprint density at radius 1 is 1.44 bits per heavy atom. The predicted octanol–water partition coefficient (Wildman–Crippen LogP) is 3.63. The number of amides is 2. The number of hydrogen-bond acceptors (Lipinski definition) is 3. The van der Waals surface area contributed by atoms with Gasteiger partial charge in [0.1, 0.15) is 11.6 Å². The number of hydrogen-bond donors (Lipinski definition) is 1. The fourth-order valence-corrected chi connectivity index (χ4v) is 3.47. The fourth-order valence-electron chi connectivity index (χ4n) is 3.47. The van der Waals surface area contributed by atoms with Gasteiger partial charge in [0.2, 0.25) is 0 Å². The molecule has 1 aromatic carbocycles. The molecule has 2 heterocycles. The highest BCUT2D eigenvalue weighted by atomic mass is 16.5. The second-order valence-electron chi connectivity index (χ2n) is 6.43. The Morgan fingerprint density at radius 2 is 2.28 bits per heavy atom. The van der Waals surface area contributed by atoms with Crippen molar-refractivity contribution in [3.63, 3.8) is 0 Å². The number of nitrogens with zero attached hydrogens (tertiary/aromatic N) is 3. The molecule has 2 amide bonds. The molecular formula is C19H26N4O2. The maximum absolute atomic E-state index is 12.8. The van der Waals surface area contributed by atoms with Gasteiger partial charge in [-0.15, -0.1) is 0 Å². The zero-order valence-electron chi connectivity index (χ0n) is 15.2. The Balaban J connectivity index is 1.73. The van der Waals surface area contributed by atoms with Crippen molar-refractivity contribution in [1.29, 1.82) is 0 Å². The molecule has 25 heavy (non-hydrogen) atoms. The lowest BCUT2D eigenvalue weighted by Crippen LogP contribution is -2.43. The van der Waals surface area contributed by atoms with Gasteiger partial charge in [0.25, 0.3) is 0 Å². The van der Waals surface area contributed by atoms with Crippen molar-refractivity contribution in [3.05, 3.63) is 42.0 Å². The van der Waals surface area contributed by atoms with E-state index in [-0.39, 0.29) is 12.1 Å². The number of carbonyl (C=O) groups excluding carboxylic acids is 1. The fraction of sp³-hybridized carbons (Fsp3) is 0.474. The van der Waals surface area contributed by atoms with Crippen LogP contribution >= 0.6 is 0 Å². The third kappa shape index (κ3) is 3.62. The quantitative estimate of drug-likeness (QED) is 0.923. The summed E-state index contributed by atoms with van der Waals surface area (Å²) in [5.41, 5.74) is 1.73. The number of anilines is 1. The molecule has 1 atom stereocenters. The molecule has 1 aromatic heterocycles. The molecule has 0 bridgehead atoms. The van der Waals surface area contributed by atoms with E-state index >= 15 is 0 Å². The van der Waals surface area contributed by atoms with Crippen molar-refractivity contribution in [2.24, 2.45) is 0 Å². The van der Waals surface area contributed by atoms with Crippen LogP contribution in [0.3, 0.4) is 0 Å². The van der Waals surface area contributed by atoms with E-state index in [9.17, 15) is 4.79 Å². The summed E-state index contributed by atoms with van der Waals surface area (Å²) < 4.78 is 7.60. The van der Waals surface area contributed by atoms with E-state index in [1.54, 1.807) is 7.11 Å². The van der Waals surface area contributed by atoms with Crippen LogP contribution in [0, 0.1) is 6.92 Å². The second kappa shape index (κ2) is 7.59. The number of aryl methyl sites for hydroxylation is 2. The third-order valence-electron chi connectivity index (χ3n) is 4.83. The number of imidazole rings is 1. The first-order valence-electron chi connectivity index (χ1n) is 8.85. The van der Waals surface area contributed by atoms with Gasteiger partial charge in [0, 0.05) is 31.9 Å². The number of rotatable bonds is 4. The molecule has 1 N–H and O–H groups in total. The van der Waals surface area contributed by atoms with Crippen molar-refractivity contribution in [2.45, 2.75) is 39.2 Å². The van der Waals surface area contributed by atoms with Crippen molar-refractivity contribution in [2.75, 3.05) is 25.5 Å². The van der Waals surface area contributed by atoms with Gasteiger partial charge < -0.3 is 19.5 Å². The molecule has 1 fully saturated rings. The number of carbonyl (C=O) groups is 1. The van der Waals surface area contributed by atoms with E-state index in [0.29, 0.717) is 12.3 Å². The van der Waals surface area contributed by atoms with Crippen molar-refractivity contribution >= 4 is 11.7 Å². The average Bonchev–Trinajstić information content (AvgIpc) is 3.12. The zero-order valence-corrected chi connectivity index (χ0v) is 15.2. The topological polar surface area (TPSA) is 59.4 Å². The van der Waals surface area contributed by atoms with Crippen molar-refractivity contribution in [3.8, 4) is 5.75 Å². The summed E-state index contributed by atoms with van der Waals surface area (Å²) in [6.45, 7) is 5.54. The van der Waals surface area contributed by atoms with Crippen molar-refractivity contribution in [1.82, 2.24) is 14.5 Å². The summed E-state index contributed by atoms with van der Waals surface area (Å²) in [4.78, 5) is 19.1. The first-order chi connectivity index (χ1) is 12.1. The van der Waals surface area contributed by atoms with Gasteiger partial charge in [0.05, 0.1) is 18.8 Å². The minimum absolute atomic E-state index is 0.0736. The molecule has 3 rings (SSSR count). The Hall–Kier alpha value is -2.50. The minimum atomic E-state index is -0.0736. The number of likely N-dealkylation sites (tertiary alicyclic amines) is 1. The number of ether oxygens (including phenoxy) is 1. The van der Waals surface area contributed by atoms with Gasteiger partial charge in [-0.05, 0) is 31.4 Å². The van der Waals surface area contributed by atoms with E-state index in [1.165, 1.54) is 0 Å². The number of nitrogens with one attached hydrogen (secondary N) is 1. The minimum Gasteiger partial charge on any atom is -0.495 e. The molecule has 1 aliphatic rings. The normalized spacial score (nSPS) is 17.4. The van der Waals surface area contributed by atoms with Crippen LogP contribution in [0.25, 0.3) is 0 Å². The van der Waals surface area contributed by atoms with E-state index in [4.69, 9.17) is 4.74 Å². The van der Waals surface area contributed by atoms with E-state index in [1.807, 2.05) is 42.4 Å². The summed E-state index contributed by atoms with van der Waals surface area (Å²) in [5, 5.41) is 3.03. The Labute approximate surface area is 148 Å². The van der Waals surface area contributed by atoms with Crippen LogP contribution in [0.5, 0.6) is 5.75 Å². The van der Waals surface area contributed by atoms with Gasteiger partial charge in [-0.2, -0.15) is 0 Å². The molecular weight excluding hydrogens is 316 g/mol. The van der Waals surface area contributed by atoms with Crippen LogP contribution in [-0.2, 0) is 6.42 Å². The lowest BCUT2D eigenvalue weighted by Gasteiger charge is -2.34. The number of piperidine rings is 1. The van der Waals surface area contributed by atoms with Crippen LogP contribution in [0.2, 0.25) is 0 Å². The van der Waals surface area contributed by atoms with Crippen LogP contribution in [-0.4, -0.2) is 40.7 Å². The molecule has 6 nitrogen and oxygen atoms in total. The van der Waals surface area contributed by atoms with Crippen LogP contribution in [0.4, 0.5) is 10.5 Å². The van der Waals surface area contributed by atoms with Gasteiger partial charge in [-0.25, -0.2) is 9.78 Å². The first-order valence-corrected chi connectivity index (χ1v) is 8.85. The summed E-state index contributed by atoms with van der Waals surface area (Å²) in [6, 6.07) is 5.97. The van der Waals surface area contributed by atoms with Gasteiger partial charge in [0.15, 0.2) is 0 Å². The van der Waals surface area contributed by atoms with Gasteiger partial charge in [-0.3, -0.25) is 0 Å². The molecule has 0 unspecified atom stereocenters. The largest absolute Gasteiger partial charge is 0.495 e. The van der Waals surface area contributed by atoms with E-state index in [0.717, 1.165) is 42.9 Å². The Bertz CT molecular complexity index is 741. The second-order valence-corrected chi connectivity index (χ2v) is 6.43. The van der Waals surface area contributed by atoms with Crippen LogP contribution in [0.1, 0.15) is 37.2 Å². The van der Waals surface area contributed by atoms with Gasteiger partial charge >= 0.3 is 6.03 Å². The number of benzene rings is 1. The van der Waals surface area contributed by atoms with Crippen LogP contribution in [0.15, 0.2) is 30.6 Å². The lowest BCUT2D eigenvalue weighted by atomic mass is 10.1. The van der Waals surface area contributed by atoms with E-state index < -0.39 is 0 Å². The van der Waals surface area contributed by atoms with E-state index in [2.05, 4.69) is 21.8 Å². The molecule has 0 aliphatic carbocycles. The molecule has 1 aliphatic heterocycles. The highest BCUT2D eigenvalue weighted by Crippen LogP contribution is 2.29. The third-order valence-corrected chi connectivity index (χ3v) is 4.83. The number of para-hydroxylation sites is 1. The molecule has 0 radical (unpaired) electrons. The predicted molar refractivity (Wildman–Crippen MR) is 98.2 cm³/mol. The summed E-state index contributed by atoms with van der Waals surface area (Å²) in [7, 11) is 1.62. The van der Waals surface area contributed by atoms with Gasteiger partial charge in [-0.1, -0.05) is 19.1 Å². The number of urea groups is 1. The maximum atomic E-state index is 12.8. The number of aromatic nitrogens is 2. The number of methoxy groups -OCH3 is 1. The summed E-state index contributed by atoms with van der Waals surface area (Å²) in [5.74, 6) is 1.76. The maximum Gasteiger partial charge on any atom is 0.322 e. The summed E-state index contributed by atoms with van der Waals surface area (Å²) >= 11 is 0. The molecule has 0 spiro atoms. The monoisotopic (exact) mass is 342 g/mol. The molecule has 2 aromatic rings. The standard InChI is InChI=1S/C19H26N4O2/c1-4-17-20-10-12-23(17)15-8-6-11-22(13-15)19(24)21-18-14(2)7-5-9-16(18)25-3/h5,7,9-10,12,15H,4,6,8,11,13H2,1-3H3,(H,21,24)/t15-/m0/s1. The highest BCUT2D eigenvalue weighted by molar-refractivity contribution is 5.92. The van der Waals surface area contributed by atoms with Crippen LogP contribution < -0.4 is 10.1 Å². The lowest BCUT2D eigenvalue weighted by molar-refractivity contribution is 0.178. The Morgan fingerprint density at radius 3 is 3.04 bits per heavy atom. The highest BCUT2D eigenvalue weighted by Gasteiger charge is 2.26. The molecule has 134 valence electrons. The SMILES string of the molecule is CCc1nccn1[C@H]1CCCN(C(=O)Nc2c(C)cccc2OC)C1. The first kappa shape index (κ1) is 17.3. The zero-order chi connectivity index (χ0) is 17.8. The molecule has 0 saturated carbocycles. The average molecular weight is 342 g/mol. The summed E-state index contributed by atoms with van der Waals surface area (Å²) in [6.07, 6.45) is 6.83. The Kier molecular flexibility index (Phi) is 5.26.